The molecule has 2 rings (SSSR count). The van der Waals surface area contributed by atoms with E-state index in [0.717, 1.165) is 23.2 Å². The molecule has 1 heterocycles. The first-order chi connectivity index (χ1) is 10.4. The van der Waals surface area contributed by atoms with Crippen molar-refractivity contribution in [3.8, 4) is 0 Å². The number of carbonyl (C=O) groups excluding carboxylic acids is 1. The normalized spacial score (nSPS) is 19.6. The molecular formula is C16H23NO4S. The molecule has 0 saturated carbocycles. The fourth-order valence-electron chi connectivity index (χ4n) is 2.13. The van der Waals surface area contributed by atoms with E-state index in [1.54, 1.807) is 0 Å². The van der Waals surface area contributed by atoms with Crippen molar-refractivity contribution < 1.29 is 18.5 Å². The molecule has 1 aromatic carbocycles. The van der Waals surface area contributed by atoms with Crippen molar-refractivity contribution >= 4 is 18.0 Å². The maximum Gasteiger partial charge on any atom is 0.314 e. The topological polar surface area (TPSA) is 70.8 Å². The highest BCUT2D eigenvalue weighted by atomic mass is 32.2. The van der Waals surface area contributed by atoms with E-state index < -0.39 is 5.79 Å². The van der Waals surface area contributed by atoms with Gasteiger partial charge in [0.05, 0.1) is 31.0 Å². The summed E-state index contributed by atoms with van der Waals surface area (Å²) in [6, 6.07) is 7.82. The monoisotopic (exact) mass is 325 g/mol. The van der Waals surface area contributed by atoms with Crippen LogP contribution in [0.2, 0.25) is 0 Å². The Hall–Kier alpha value is -1.08. The fraction of sp³-hybridized carbons (Fsp3) is 0.562. The number of hydrogen-bond acceptors (Lipinski definition) is 6. The van der Waals surface area contributed by atoms with Crippen LogP contribution in [0.3, 0.4) is 0 Å². The number of hydrogen-bond donors (Lipinski definition) is 1. The van der Waals surface area contributed by atoms with Gasteiger partial charge in [-0.25, -0.2) is 0 Å². The van der Waals surface area contributed by atoms with Crippen molar-refractivity contribution in [1.29, 1.82) is 0 Å². The van der Waals surface area contributed by atoms with E-state index in [0.29, 0.717) is 25.5 Å². The Kier molecular flexibility index (Phi) is 5.50. The Balaban J connectivity index is 2.18. The van der Waals surface area contributed by atoms with Crippen LogP contribution in [-0.4, -0.2) is 24.9 Å². The van der Waals surface area contributed by atoms with Crippen LogP contribution in [0.4, 0.5) is 0 Å². The first-order valence-corrected chi connectivity index (χ1v) is 8.15. The maximum absolute atomic E-state index is 11.0. The zero-order chi connectivity index (χ0) is 16.2. The van der Waals surface area contributed by atoms with Gasteiger partial charge in [-0.3, -0.25) is 4.79 Å². The molecule has 1 aliphatic rings. The van der Waals surface area contributed by atoms with Gasteiger partial charge >= 0.3 is 5.97 Å². The van der Waals surface area contributed by atoms with Gasteiger partial charge in [-0.2, -0.15) is 0 Å². The van der Waals surface area contributed by atoms with Crippen LogP contribution in [0, 0.1) is 5.41 Å². The SMILES string of the molecule is CC(=O)OSCC1(c2ccc(CN)cc2)OCC(C)(C)CO1. The number of nitrogens with two attached hydrogens (primary N) is 1. The fourth-order valence-corrected chi connectivity index (χ4v) is 2.84. The van der Waals surface area contributed by atoms with Crippen molar-refractivity contribution in [3.05, 3.63) is 35.4 Å². The van der Waals surface area contributed by atoms with Crippen LogP contribution < -0.4 is 5.73 Å². The highest BCUT2D eigenvalue weighted by Crippen LogP contribution is 2.39. The molecule has 1 aromatic rings. The molecule has 1 aliphatic heterocycles. The van der Waals surface area contributed by atoms with Crippen LogP contribution in [-0.2, 0) is 30.8 Å². The molecule has 0 amide bonds. The van der Waals surface area contributed by atoms with E-state index in [1.165, 1.54) is 6.92 Å². The first kappa shape index (κ1) is 17.3. The number of carbonyl (C=O) groups is 1. The highest BCUT2D eigenvalue weighted by molar-refractivity contribution is 7.95. The third kappa shape index (κ3) is 4.23. The Bertz CT molecular complexity index is 505. The van der Waals surface area contributed by atoms with E-state index in [2.05, 4.69) is 13.8 Å². The molecule has 6 heteroatoms. The van der Waals surface area contributed by atoms with E-state index >= 15 is 0 Å². The first-order valence-electron chi connectivity index (χ1n) is 7.24. The maximum atomic E-state index is 11.0. The molecule has 5 nitrogen and oxygen atoms in total. The largest absolute Gasteiger partial charge is 0.391 e. The molecule has 0 spiro atoms. The standard InChI is InChI=1S/C16H23NO4S/c1-12(18)21-22-11-16(19-9-15(2,3)10-20-16)14-6-4-13(8-17)5-7-14/h4-7H,8-11,17H2,1-3H3. The molecule has 0 unspecified atom stereocenters. The second-order valence-electron chi connectivity index (χ2n) is 6.23. The quantitative estimate of drug-likeness (QED) is 0.839. The molecule has 1 fully saturated rings. The molecule has 2 N–H and O–H groups in total. The summed E-state index contributed by atoms with van der Waals surface area (Å²) in [6.07, 6.45) is 0. The minimum Gasteiger partial charge on any atom is -0.391 e. The predicted molar refractivity (Wildman–Crippen MR) is 85.9 cm³/mol. The number of benzene rings is 1. The summed E-state index contributed by atoms with van der Waals surface area (Å²) in [5.41, 5.74) is 7.55. The minimum atomic E-state index is -0.900. The van der Waals surface area contributed by atoms with Crippen LogP contribution in [0.5, 0.6) is 0 Å². The van der Waals surface area contributed by atoms with Crippen LogP contribution >= 0.6 is 12.0 Å². The van der Waals surface area contributed by atoms with Crippen LogP contribution in [0.25, 0.3) is 0 Å². The van der Waals surface area contributed by atoms with Gasteiger partial charge in [-0.1, -0.05) is 38.1 Å². The second-order valence-corrected chi connectivity index (χ2v) is 6.92. The van der Waals surface area contributed by atoms with Crippen molar-refractivity contribution in [2.75, 3.05) is 19.0 Å². The van der Waals surface area contributed by atoms with E-state index in [9.17, 15) is 4.79 Å². The minimum absolute atomic E-state index is 0.0349. The van der Waals surface area contributed by atoms with Gasteiger partial charge in [0.15, 0.2) is 0 Å². The lowest BCUT2D eigenvalue weighted by atomic mass is 9.93. The van der Waals surface area contributed by atoms with E-state index in [4.69, 9.17) is 19.4 Å². The van der Waals surface area contributed by atoms with Crippen molar-refractivity contribution in [1.82, 2.24) is 0 Å². The number of ether oxygens (including phenoxy) is 2. The molecule has 0 aliphatic carbocycles. The molecule has 1 saturated heterocycles. The molecule has 0 atom stereocenters. The Morgan fingerprint density at radius 3 is 2.36 bits per heavy atom. The lowest BCUT2D eigenvalue weighted by Gasteiger charge is -2.43. The average Bonchev–Trinajstić information content (AvgIpc) is 2.49. The zero-order valence-corrected chi connectivity index (χ0v) is 14.1. The van der Waals surface area contributed by atoms with Gasteiger partial charge < -0.3 is 19.4 Å². The molecule has 0 radical (unpaired) electrons. The Morgan fingerprint density at radius 2 is 1.86 bits per heavy atom. The van der Waals surface area contributed by atoms with Gasteiger partial charge in [0.25, 0.3) is 0 Å². The molecular weight excluding hydrogens is 302 g/mol. The second kappa shape index (κ2) is 7.00. The van der Waals surface area contributed by atoms with Gasteiger partial charge in [0, 0.05) is 24.4 Å². The molecule has 122 valence electrons. The highest BCUT2D eigenvalue weighted by Gasteiger charge is 2.42. The van der Waals surface area contributed by atoms with Crippen molar-refractivity contribution in [2.45, 2.75) is 33.1 Å². The summed E-state index contributed by atoms with van der Waals surface area (Å²) in [4.78, 5) is 11.0. The van der Waals surface area contributed by atoms with Crippen LogP contribution in [0.1, 0.15) is 31.9 Å². The van der Waals surface area contributed by atoms with E-state index in [-0.39, 0.29) is 11.4 Å². The smallest absolute Gasteiger partial charge is 0.314 e. The lowest BCUT2D eigenvalue weighted by Crippen LogP contribution is -2.47. The lowest BCUT2D eigenvalue weighted by molar-refractivity contribution is -0.295. The van der Waals surface area contributed by atoms with E-state index in [1.807, 2.05) is 24.3 Å². The van der Waals surface area contributed by atoms with Gasteiger partial charge in [0.1, 0.15) is 0 Å². The summed E-state index contributed by atoms with van der Waals surface area (Å²) in [5, 5.41) is 0. The zero-order valence-electron chi connectivity index (χ0n) is 13.3. The molecule has 0 aromatic heterocycles. The summed E-state index contributed by atoms with van der Waals surface area (Å²) in [6.45, 7) is 7.20. The molecule has 0 bridgehead atoms. The summed E-state index contributed by atoms with van der Waals surface area (Å²) in [5.74, 6) is -0.859. The Labute approximate surface area is 135 Å². The summed E-state index contributed by atoms with van der Waals surface area (Å²) in [7, 11) is 0. The third-order valence-electron chi connectivity index (χ3n) is 3.45. The van der Waals surface area contributed by atoms with Crippen LogP contribution in [0.15, 0.2) is 24.3 Å². The van der Waals surface area contributed by atoms with Crippen molar-refractivity contribution in [3.63, 3.8) is 0 Å². The molecule has 22 heavy (non-hydrogen) atoms. The predicted octanol–water partition coefficient (Wildman–Crippen LogP) is 2.58. The van der Waals surface area contributed by atoms with Gasteiger partial charge in [-0.15, -0.1) is 0 Å². The van der Waals surface area contributed by atoms with Gasteiger partial charge in [0.2, 0.25) is 5.79 Å². The summed E-state index contributed by atoms with van der Waals surface area (Å²) >= 11 is 1.05. The third-order valence-corrected chi connectivity index (χ3v) is 4.30. The average molecular weight is 325 g/mol. The number of rotatable bonds is 5. The van der Waals surface area contributed by atoms with Crippen molar-refractivity contribution in [2.24, 2.45) is 11.1 Å². The summed E-state index contributed by atoms with van der Waals surface area (Å²) < 4.78 is 17.1. The Morgan fingerprint density at radius 1 is 1.27 bits per heavy atom. The van der Waals surface area contributed by atoms with Gasteiger partial charge in [-0.05, 0) is 5.56 Å².